The Morgan fingerprint density at radius 3 is 1.71 bits per heavy atom. The lowest BCUT2D eigenvalue weighted by atomic mass is 9.79. The topological polar surface area (TPSA) is 32.8 Å². The van der Waals surface area contributed by atoms with Gasteiger partial charge in [0.05, 0.1) is 17.1 Å². The fourth-order valence-corrected chi connectivity index (χ4v) is 12.2. The van der Waals surface area contributed by atoms with Gasteiger partial charge in [0, 0.05) is 49.6 Å². The fraction of sp³-hybridized carbons (Fsp3) is 0.0556. The van der Waals surface area contributed by atoms with Crippen LogP contribution in [0, 0.1) is 6.92 Å². The molecule has 0 fully saturated rings. The average molecular weight is 977 g/mol. The number of nitrogens with zero attached hydrogens (tertiary/aromatic N) is 2. The number of furan rings is 2. The molecule has 14 rings (SSSR count). The summed E-state index contributed by atoms with van der Waals surface area (Å²) in [7, 11) is 0. The number of fused-ring (bicyclic) bond motifs is 11. The molecular weight excluding hydrogens is 925 g/mol. The first-order valence-electron chi connectivity index (χ1n) is 26.1. The van der Waals surface area contributed by atoms with Crippen LogP contribution in [-0.2, 0) is 5.41 Å². The van der Waals surface area contributed by atoms with E-state index in [2.05, 4.69) is 262 Å². The molecule has 0 saturated heterocycles. The van der Waals surface area contributed by atoms with Crippen molar-refractivity contribution >= 4 is 94.7 Å². The predicted molar refractivity (Wildman–Crippen MR) is 320 cm³/mol. The third-order valence-electron chi connectivity index (χ3n) is 15.7. The minimum absolute atomic E-state index is 0.387. The predicted octanol–water partition coefficient (Wildman–Crippen LogP) is 20.7. The first-order chi connectivity index (χ1) is 37.3. The number of allylic oxidation sites excluding steroid dienone is 2. The van der Waals surface area contributed by atoms with Gasteiger partial charge in [-0.2, -0.15) is 0 Å². The molecule has 0 radical (unpaired) electrons. The Kier molecular flexibility index (Phi) is 10.5. The van der Waals surface area contributed by atoms with Crippen molar-refractivity contribution in [1.82, 2.24) is 0 Å². The molecule has 0 spiro atoms. The molecule has 11 aromatic carbocycles. The molecule has 1 aliphatic rings. The summed E-state index contributed by atoms with van der Waals surface area (Å²) < 4.78 is 13.6. The first-order valence-corrected chi connectivity index (χ1v) is 26.1. The molecule has 13 aromatic rings. The second kappa shape index (κ2) is 17.8. The molecule has 362 valence electrons. The number of anilines is 6. The van der Waals surface area contributed by atoms with Crippen LogP contribution in [0.5, 0.6) is 0 Å². The SMILES string of the molecule is C=C/C=C\c1oc2c(N(c3cccc(-c4ccccc4)c3)c3cc4c(c5ccccc35)-c3ccc5cc(N(c6cccc(-c7ccccc7)c6)c6cccc7c6oc6ccccc67)ccc5c3C4(C)C)cccc2c1C. The van der Waals surface area contributed by atoms with Crippen molar-refractivity contribution in [2.24, 2.45) is 0 Å². The summed E-state index contributed by atoms with van der Waals surface area (Å²) in [5, 5.41) is 8.04. The molecule has 0 aliphatic heterocycles. The van der Waals surface area contributed by atoms with Crippen LogP contribution in [0.3, 0.4) is 0 Å². The van der Waals surface area contributed by atoms with E-state index < -0.39 is 0 Å². The fourth-order valence-electron chi connectivity index (χ4n) is 12.2. The van der Waals surface area contributed by atoms with Gasteiger partial charge in [0.15, 0.2) is 11.2 Å². The Labute approximate surface area is 442 Å². The van der Waals surface area contributed by atoms with Crippen LogP contribution in [0.15, 0.2) is 258 Å². The third kappa shape index (κ3) is 7.13. The molecule has 0 N–H and O–H groups in total. The van der Waals surface area contributed by atoms with Crippen LogP contribution in [0.25, 0.3) is 93.9 Å². The highest BCUT2D eigenvalue weighted by atomic mass is 16.3. The van der Waals surface area contributed by atoms with E-state index >= 15 is 0 Å². The highest BCUT2D eigenvalue weighted by Gasteiger charge is 2.40. The molecule has 4 nitrogen and oxygen atoms in total. The van der Waals surface area contributed by atoms with Crippen molar-refractivity contribution in [2.45, 2.75) is 26.2 Å². The van der Waals surface area contributed by atoms with Gasteiger partial charge in [-0.25, -0.2) is 0 Å². The summed E-state index contributed by atoms with van der Waals surface area (Å²) in [6, 6.07) is 83.5. The molecule has 0 bridgehead atoms. The van der Waals surface area contributed by atoms with Crippen molar-refractivity contribution in [3.05, 3.63) is 272 Å². The largest absolute Gasteiger partial charge is 0.454 e. The monoisotopic (exact) mass is 976 g/mol. The second-order valence-corrected chi connectivity index (χ2v) is 20.5. The molecule has 1 aliphatic carbocycles. The summed E-state index contributed by atoms with van der Waals surface area (Å²) in [4.78, 5) is 4.79. The molecule has 76 heavy (non-hydrogen) atoms. The van der Waals surface area contributed by atoms with E-state index in [9.17, 15) is 0 Å². The summed E-state index contributed by atoms with van der Waals surface area (Å²) in [5.41, 5.74) is 19.2. The molecule has 0 amide bonds. The maximum absolute atomic E-state index is 6.87. The van der Waals surface area contributed by atoms with E-state index in [1.54, 1.807) is 6.08 Å². The van der Waals surface area contributed by atoms with Gasteiger partial charge in [-0.05, 0) is 134 Å². The van der Waals surface area contributed by atoms with Gasteiger partial charge < -0.3 is 18.6 Å². The van der Waals surface area contributed by atoms with Crippen LogP contribution in [-0.4, -0.2) is 0 Å². The van der Waals surface area contributed by atoms with Crippen molar-refractivity contribution in [2.75, 3.05) is 9.80 Å². The number of benzene rings is 11. The normalized spacial score (nSPS) is 12.8. The van der Waals surface area contributed by atoms with Crippen molar-refractivity contribution in [1.29, 1.82) is 0 Å². The summed E-state index contributed by atoms with van der Waals surface area (Å²) in [6.45, 7) is 10.9. The molecule has 4 heteroatoms. The molecule has 2 heterocycles. The maximum Gasteiger partial charge on any atom is 0.159 e. The lowest BCUT2D eigenvalue weighted by molar-refractivity contribution is 0.601. The van der Waals surface area contributed by atoms with Gasteiger partial charge in [-0.1, -0.05) is 202 Å². The minimum Gasteiger partial charge on any atom is -0.454 e. The summed E-state index contributed by atoms with van der Waals surface area (Å²) in [6.07, 6.45) is 5.73. The Bertz CT molecular complexity index is 4480. The number of rotatable bonds is 10. The Morgan fingerprint density at radius 2 is 1.00 bits per heavy atom. The lowest BCUT2D eigenvalue weighted by Gasteiger charge is -2.30. The summed E-state index contributed by atoms with van der Waals surface area (Å²) in [5.74, 6) is 0.821. The minimum atomic E-state index is -0.387. The van der Waals surface area contributed by atoms with Gasteiger partial charge in [0.25, 0.3) is 0 Å². The van der Waals surface area contributed by atoms with E-state index in [1.165, 1.54) is 44.0 Å². The summed E-state index contributed by atoms with van der Waals surface area (Å²) >= 11 is 0. The van der Waals surface area contributed by atoms with Crippen LogP contribution in [0.4, 0.5) is 34.1 Å². The smallest absolute Gasteiger partial charge is 0.159 e. The maximum atomic E-state index is 6.87. The number of aryl methyl sites for hydroxylation is 1. The van der Waals surface area contributed by atoms with Crippen molar-refractivity contribution < 1.29 is 8.83 Å². The Hall–Kier alpha value is -9.64. The third-order valence-corrected chi connectivity index (χ3v) is 15.7. The molecule has 2 aromatic heterocycles. The van der Waals surface area contributed by atoms with E-state index in [0.29, 0.717) is 0 Å². The van der Waals surface area contributed by atoms with Crippen LogP contribution < -0.4 is 9.80 Å². The quantitative estimate of drug-likeness (QED) is 0.128. The van der Waals surface area contributed by atoms with Crippen molar-refractivity contribution in [3.63, 3.8) is 0 Å². The number of hydrogen-bond acceptors (Lipinski definition) is 4. The molecular formula is C72H52N2O2. The molecule has 0 atom stereocenters. The van der Waals surface area contributed by atoms with E-state index in [-0.39, 0.29) is 5.41 Å². The van der Waals surface area contributed by atoms with E-state index in [1.807, 2.05) is 18.2 Å². The highest BCUT2D eigenvalue weighted by molar-refractivity contribution is 6.14. The Morgan fingerprint density at radius 1 is 0.434 bits per heavy atom. The van der Waals surface area contributed by atoms with Gasteiger partial charge in [-0.15, -0.1) is 0 Å². The second-order valence-electron chi connectivity index (χ2n) is 20.5. The van der Waals surface area contributed by atoms with Crippen LogP contribution >= 0.6 is 0 Å². The van der Waals surface area contributed by atoms with Crippen LogP contribution in [0.2, 0.25) is 0 Å². The number of para-hydroxylation sites is 3. The Balaban J connectivity index is 0.961. The highest BCUT2D eigenvalue weighted by Crippen LogP contribution is 2.57. The molecule has 0 saturated carbocycles. The first kappa shape index (κ1) is 45.0. The van der Waals surface area contributed by atoms with Gasteiger partial charge in [0.2, 0.25) is 0 Å². The zero-order chi connectivity index (χ0) is 51.1. The average Bonchev–Trinajstić information content (AvgIpc) is 4.29. The van der Waals surface area contributed by atoms with Crippen molar-refractivity contribution in [3.8, 4) is 33.4 Å². The zero-order valence-electron chi connectivity index (χ0n) is 42.6. The number of hydrogen-bond donors (Lipinski definition) is 0. The lowest BCUT2D eigenvalue weighted by Crippen LogP contribution is -2.17. The van der Waals surface area contributed by atoms with Gasteiger partial charge in [0.1, 0.15) is 11.3 Å². The van der Waals surface area contributed by atoms with E-state index in [4.69, 9.17) is 8.83 Å². The van der Waals surface area contributed by atoms with Crippen LogP contribution in [0.1, 0.15) is 36.3 Å². The zero-order valence-corrected chi connectivity index (χ0v) is 42.6. The van der Waals surface area contributed by atoms with E-state index in [0.717, 1.165) is 100 Å². The van der Waals surface area contributed by atoms with Gasteiger partial charge >= 0.3 is 0 Å². The van der Waals surface area contributed by atoms with Gasteiger partial charge in [-0.3, -0.25) is 0 Å². The molecule has 0 unspecified atom stereocenters. The standard InChI is InChI=1S/C72H52N2O2/c1-5-6-36-66-46(2)55-32-19-35-64(70(55)75-66)74(53-28-18-26-50(43-53)48-23-11-8-12-24-48)65-45-62-68(59-31-14-13-29-57(59)65)61-40-38-51-44-54(39-41-56(51)69(61)72(62,3)4)73(52-27-17-25-49(42-52)47-21-9-7-10-22-47)63-34-20-33-60-58-30-15-16-37-67(58)76-71(60)63/h5-45H,1H2,2-4H3/b36-6-.